The van der Waals surface area contributed by atoms with Crippen molar-refractivity contribution in [1.29, 1.82) is 0 Å². The third-order valence-corrected chi connectivity index (χ3v) is 1.37. The highest BCUT2D eigenvalue weighted by Gasteiger charge is 2.00. The Labute approximate surface area is 55.4 Å². The average molecular weight is 124 g/mol. The minimum Gasteiger partial charge on any atom is -0.383 e. The third-order valence-electron chi connectivity index (χ3n) is 1.37. The van der Waals surface area contributed by atoms with Gasteiger partial charge < -0.3 is 11.1 Å². The summed E-state index contributed by atoms with van der Waals surface area (Å²) >= 11 is 0. The van der Waals surface area contributed by atoms with E-state index >= 15 is 0 Å². The maximum Gasteiger partial charge on any atom is 0.0564 e. The predicted molar refractivity (Wildman–Crippen MR) is 38.9 cm³/mol. The van der Waals surface area contributed by atoms with Crippen LogP contribution >= 0.6 is 0 Å². The minimum atomic E-state index is 0.341. The quantitative estimate of drug-likeness (QED) is 0.530. The minimum absolute atomic E-state index is 0.341. The maximum absolute atomic E-state index is 5.41. The summed E-state index contributed by atoms with van der Waals surface area (Å²) in [6, 6.07) is 0.341. The fourth-order valence-corrected chi connectivity index (χ4v) is 0.757. The predicted octanol–water partition coefficient (Wildman–Crippen LogP) is 0.377. The molecule has 0 fully saturated rings. The second-order valence-electron chi connectivity index (χ2n) is 2.26. The molecule has 0 amide bonds. The van der Waals surface area contributed by atoms with Gasteiger partial charge in [0.2, 0.25) is 0 Å². The highest BCUT2D eigenvalue weighted by Crippen LogP contribution is 2.00. The fraction of sp³-hybridized carbons (Fsp3) is 0.429. The van der Waals surface area contributed by atoms with Gasteiger partial charge in [-0.25, -0.2) is 0 Å². The number of allylic oxidation sites excluding steroid dienone is 2. The number of hydrogen-bond donors (Lipinski definition) is 2. The Morgan fingerprint density at radius 2 is 2.56 bits per heavy atom. The van der Waals surface area contributed by atoms with Gasteiger partial charge in [-0.2, -0.15) is 0 Å². The molecule has 2 heteroatoms. The van der Waals surface area contributed by atoms with Gasteiger partial charge in [0.05, 0.1) is 6.04 Å². The smallest absolute Gasteiger partial charge is 0.0564 e. The van der Waals surface area contributed by atoms with E-state index in [0.717, 1.165) is 0 Å². The molecule has 1 rings (SSSR count). The fourth-order valence-electron chi connectivity index (χ4n) is 0.757. The van der Waals surface area contributed by atoms with Gasteiger partial charge in [-0.3, -0.25) is 0 Å². The van der Waals surface area contributed by atoms with Crippen LogP contribution in [0, 0.1) is 0 Å². The summed E-state index contributed by atoms with van der Waals surface area (Å²) in [5, 5.41) is 3.14. The van der Waals surface area contributed by atoms with Gasteiger partial charge in [0.1, 0.15) is 0 Å². The first kappa shape index (κ1) is 6.36. The van der Waals surface area contributed by atoms with Crippen LogP contribution in [0.3, 0.4) is 0 Å². The maximum atomic E-state index is 5.41. The number of dihydropyridines is 1. The van der Waals surface area contributed by atoms with Crippen LogP contribution in [-0.2, 0) is 0 Å². The largest absolute Gasteiger partial charge is 0.383 e. The van der Waals surface area contributed by atoms with E-state index in [4.69, 9.17) is 5.73 Å². The second kappa shape index (κ2) is 2.69. The van der Waals surface area contributed by atoms with Crippen molar-refractivity contribution in [1.82, 2.24) is 5.32 Å². The molecule has 0 saturated heterocycles. The van der Waals surface area contributed by atoms with E-state index in [1.165, 1.54) is 5.57 Å². The highest BCUT2D eigenvalue weighted by molar-refractivity contribution is 5.21. The van der Waals surface area contributed by atoms with Gasteiger partial charge in [0.25, 0.3) is 0 Å². The summed E-state index contributed by atoms with van der Waals surface area (Å²) in [6.45, 7) is 2.72. The van der Waals surface area contributed by atoms with Gasteiger partial charge in [0, 0.05) is 6.54 Å². The van der Waals surface area contributed by atoms with Crippen molar-refractivity contribution in [2.45, 2.75) is 13.0 Å². The molecular formula is C7H12N2. The van der Waals surface area contributed by atoms with Gasteiger partial charge in [-0.15, -0.1) is 0 Å². The molecule has 1 aliphatic rings. The first-order valence-electron chi connectivity index (χ1n) is 3.14. The van der Waals surface area contributed by atoms with E-state index in [1.807, 2.05) is 6.20 Å². The molecule has 0 aromatic heterocycles. The lowest BCUT2D eigenvalue weighted by Gasteiger charge is -2.14. The zero-order valence-electron chi connectivity index (χ0n) is 5.59. The number of nitrogens with two attached hydrogens (primary N) is 1. The van der Waals surface area contributed by atoms with Crippen molar-refractivity contribution in [2.75, 3.05) is 6.54 Å². The first-order valence-corrected chi connectivity index (χ1v) is 3.14. The van der Waals surface area contributed by atoms with Crippen molar-refractivity contribution < 1.29 is 0 Å². The van der Waals surface area contributed by atoms with Crippen LogP contribution in [0.4, 0.5) is 0 Å². The summed E-state index contributed by atoms with van der Waals surface area (Å²) < 4.78 is 0. The van der Waals surface area contributed by atoms with Crippen LogP contribution in [0.1, 0.15) is 6.92 Å². The molecule has 2 nitrogen and oxygen atoms in total. The van der Waals surface area contributed by atoms with Crippen molar-refractivity contribution >= 4 is 0 Å². The number of hydrogen-bond acceptors (Lipinski definition) is 2. The van der Waals surface area contributed by atoms with E-state index in [-0.39, 0.29) is 0 Å². The van der Waals surface area contributed by atoms with Crippen LogP contribution in [0.15, 0.2) is 23.9 Å². The van der Waals surface area contributed by atoms with Crippen LogP contribution < -0.4 is 11.1 Å². The van der Waals surface area contributed by atoms with Crippen molar-refractivity contribution in [3.63, 3.8) is 0 Å². The Bertz CT molecular complexity index is 147. The molecule has 0 aromatic rings. The lowest BCUT2D eigenvalue weighted by Crippen LogP contribution is -2.32. The molecule has 0 aliphatic carbocycles. The lowest BCUT2D eigenvalue weighted by molar-refractivity contribution is 0.696. The monoisotopic (exact) mass is 124 g/mol. The van der Waals surface area contributed by atoms with E-state index in [2.05, 4.69) is 24.4 Å². The topological polar surface area (TPSA) is 38.0 Å². The molecule has 0 spiro atoms. The summed E-state index contributed by atoms with van der Waals surface area (Å²) in [4.78, 5) is 0. The van der Waals surface area contributed by atoms with Crippen molar-refractivity contribution in [3.8, 4) is 0 Å². The second-order valence-corrected chi connectivity index (χ2v) is 2.26. The average Bonchev–Trinajstić information content (AvgIpc) is 1.90. The SMILES string of the molecule is CC1=CNC(CN)C=C1. The summed E-state index contributed by atoms with van der Waals surface area (Å²) in [5.74, 6) is 0. The molecule has 9 heavy (non-hydrogen) atoms. The van der Waals surface area contributed by atoms with Gasteiger partial charge in [-0.1, -0.05) is 12.2 Å². The zero-order chi connectivity index (χ0) is 6.69. The Morgan fingerprint density at radius 3 is 3.00 bits per heavy atom. The molecule has 1 atom stereocenters. The van der Waals surface area contributed by atoms with E-state index in [9.17, 15) is 0 Å². The lowest BCUT2D eigenvalue weighted by atomic mass is 10.1. The summed E-state index contributed by atoms with van der Waals surface area (Å²) in [6.07, 6.45) is 6.14. The molecular weight excluding hydrogens is 112 g/mol. The molecule has 0 aromatic carbocycles. The number of nitrogens with one attached hydrogen (secondary N) is 1. The van der Waals surface area contributed by atoms with E-state index in [1.54, 1.807) is 0 Å². The molecule has 3 N–H and O–H groups in total. The van der Waals surface area contributed by atoms with Crippen LogP contribution in [0.25, 0.3) is 0 Å². The summed E-state index contributed by atoms with van der Waals surface area (Å²) in [5.41, 5.74) is 6.66. The standard InChI is InChI=1S/C7H12N2/c1-6-2-3-7(4-8)9-5-6/h2-3,5,7,9H,4,8H2,1H3. The van der Waals surface area contributed by atoms with Crippen LogP contribution in [0.5, 0.6) is 0 Å². The Kier molecular flexibility index (Phi) is 1.90. The van der Waals surface area contributed by atoms with Gasteiger partial charge >= 0.3 is 0 Å². The molecule has 0 radical (unpaired) electrons. The third kappa shape index (κ3) is 1.57. The van der Waals surface area contributed by atoms with Crippen LogP contribution in [0.2, 0.25) is 0 Å². The Balaban J connectivity index is 2.48. The normalized spacial score (nSPS) is 25.1. The molecule has 1 unspecified atom stereocenters. The molecule has 1 heterocycles. The van der Waals surface area contributed by atoms with Crippen molar-refractivity contribution in [2.24, 2.45) is 5.73 Å². The van der Waals surface area contributed by atoms with Crippen LogP contribution in [-0.4, -0.2) is 12.6 Å². The molecule has 1 aliphatic heterocycles. The first-order chi connectivity index (χ1) is 4.33. The highest BCUT2D eigenvalue weighted by atomic mass is 14.9. The Morgan fingerprint density at radius 1 is 1.78 bits per heavy atom. The van der Waals surface area contributed by atoms with E-state index in [0.29, 0.717) is 12.6 Å². The molecule has 0 saturated carbocycles. The number of rotatable bonds is 1. The summed E-state index contributed by atoms with van der Waals surface area (Å²) in [7, 11) is 0. The molecule has 0 bridgehead atoms. The van der Waals surface area contributed by atoms with E-state index < -0.39 is 0 Å². The van der Waals surface area contributed by atoms with Gasteiger partial charge in [0.15, 0.2) is 0 Å². The molecule has 50 valence electrons. The Hall–Kier alpha value is -0.760. The zero-order valence-corrected chi connectivity index (χ0v) is 5.59. The van der Waals surface area contributed by atoms with Gasteiger partial charge in [-0.05, 0) is 18.7 Å². The van der Waals surface area contributed by atoms with Crippen molar-refractivity contribution in [3.05, 3.63) is 23.9 Å².